The Morgan fingerprint density at radius 1 is 1.00 bits per heavy atom. The molecule has 2 aromatic rings. The molecule has 0 heterocycles. The fourth-order valence-corrected chi connectivity index (χ4v) is 2.40. The molecule has 0 aliphatic carbocycles. The maximum Gasteiger partial charge on any atom is 0.247 e. The van der Waals surface area contributed by atoms with Crippen molar-refractivity contribution in [1.29, 1.82) is 0 Å². The average Bonchev–Trinajstić information content (AvgIpc) is 2.54. The maximum absolute atomic E-state index is 12.3. The standard InChI is InChI=1S/C20H24N2O3/c1-13(2)19(21-15(4)23)20(24)22-16-8-10-17(11-9-16)25-18-7-5-6-14(3)12-18/h5-13,19H,1-4H3,(H,21,23)(H,22,24). The topological polar surface area (TPSA) is 67.4 Å². The second-order valence-electron chi connectivity index (χ2n) is 6.35. The summed E-state index contributed by atoms with van der Waals surface area (Å²) in [5.41, 5.74) is 1.77. The van der Waals surface area contributed by atoms with Crippen molar-refractivity contribution in [3.05, 3.63) is 54.1 Å². The Labute approximate surface area is 148 Å². The number of aryl methyl sites for hydroxylation is 1. The molecule has 2 rings (SSSR count). The van der Waals surface area contributed by atoms with E-state index < -0.39 is 6.04 Å². The summed E-state index contributed by atoms with van der Waals surface area (Å²) >= 11 is 0. The molecule has 25 heavy (non-hydrogen) atoms. The highest BCUT2D eigenvalue weighted by atomic mass is 16.5. The lowest BCUT2D eigenvalue weighted by molar-refractivity contribution is -0.126. The van der Waals surface area contributed by atoms with Gasteiger partial charge in [-0.3, -0.25) is 9.59 Å². The zero-order valence-electron chi connectivity index (χ0n) is 15.0. The molecule has 0 saturated heterocycles. The summed E-state index contributed by atoms with van der Waals surface area (Å²) < 4.78 is 5.79. The number of hydrogen-bond acceptors (Lipinski definition) is 3. The quantitative estimate of drug-likeness (QED) is 0.838. The summed E-state index contributed by atoms with van der Waals surface area (Å²) in [6.45, 7) is 7.18. The van der Waals surface area contributed by atoms with Gasteiger partial charge in [0.1, 0.15) is 17.5 Å². The monoisotopic (exact) mass is 340 g/mol. The van der Waals surface area contributed by atoms with Crippen LogP contribution in [0.2, 0.25) is 0 Å². The number of ether oxygens (including phenoxy) is 1. The summed E-state index contributed by atoms with van der Waals surface area (Å²) in [5, 5.41) is 5.49. The van der Waals surface area contributed by atoms with Crippen molar-refractivity contribution in [3.8, 4) is 11.5 Å². The van der Waals surface area contributed by atoms with E-state index in [4.69, 9.17) is 4.74 Å². The fraction of sp³-hybridized carbons (Fsp3) is 0.300. The van der Waals surface area contributed by atoms with Crippen molar-refractivity contribution in [3.63, 3.8) is 0 Å². The highest BCUT2D eigenvalue weighted by molar-refractivity contribution is 5.97. The third-order valence-corrected chi connectivity index (χ3v) is 3.65. The third kappa shape index (κ3) is 5.64. The van der Waals surface area contributed by atoms with Gasteiger partial charge in [-0.05, 0) is 54.8 Å². The molecule has 0 radical (unpaired) electrons. The molecule has 0 aromatic heterocycles. The van der Waals surface area contributed by atoms with Gasteiger partial charge in [0.2, 0.25) is 11.8 Å². The van der Waals surface area contributed by atoms with Gasteiger partial charge >= 0.3 is 0 Å². The van der Waals surface area contributed by atoms with Crippen LogP contribution < -0.4 is 15.4 Å². The third-order valence-electron chi connectivity index (χ3n) is 3.65. The lowest BCUT2D eigenvalue weighted by Crippen LogP contribution is -2.46. The first-order valence-electron chi connectivity index (χ1n) is 8.27. The van der Waals surface area contributed by atoms with Crippen LogP contribution in [0.15, 0.2) is 48.5 Å². The first-order chi connectivity index (χ1) is 11.8. The van der Waals surface area contributed by atoms with Gasteiger partial charge < -0.3 is 15.4 Å². The van der Waals surface area contributed by atoms with E-state index in [1.54, 1.807) is 24.3 Å². The molecule has 0 saturated carbocycles. The van der Waals surface area contributed by atoms with E-state index in [-0.39, 0.29) is 17.7 Å². The molecular weight excluding hydrogens is 316 g/mol. The fourth-order valence-electron chi connectivity index (χ4n) is 2.40. The molecule has 1 atom stereocenters. The van der Waals surface area contributed by atoms with Gasteiger partial charge in [-0.1, -0.05) is 26.0 Å². The number of hydrogen-bond donors (Lipinski definition) is 2. The van der Waals surface area contributed by atoms with Gasteiger partial charge in [-0.25, -0.2) is 0 Å². The first kappa shape index (κ1) is 18.5. The minimum atomic E-state index is -0.569. The van der Waals surface area contributed by atoms with Gasteiger partial charge in [0.05, 0.1) is 0 Å². The van der Waals surface area contributed by atoms with Crippen molar-refractivity contribution in [2.45, 2.75) is 33.7 Å². The molecular formula is C20H24N2O3. The van der Waals surface area contributed by atoms with Crippen molar-refractivity contribution in [2.24, 2.45) is 5.92 Å². The Morgan fingerprint density at radius 2 is 1.68 bits per heavy atom. The smallest absolute Gasteiger partial charge is 0.247 e. The molecule has 0 aliphatic rings. The van der Waals surface area contributed by atoms with Crippen LogP contribution in [-0.4, -0.2) is 17.9 Å². The normalized spacial score (nSPS) is 11.7. The van der Waals surface area contributed by atoms with Gasteiger partial charge in [-0.2, -0.15) is 0 Å². The Balaban J connectivity index is 2.01. The minimum absolute atomic E-state index is 0.00664. The summed E-state index contributed by atoms with van der Waals surface area (Å²) in [5.74, 6) is 0.981. The summed E-state index contributed by atoms with van der Waals surface area (Å²) in [6, 6.07) is 14.4. The minimum Gasteiger partial charge on any atom is -0.457 e. The van der Waals surface area contributed by atoms with Crippen molar-refractivity contribution >= 4 is 17.5 Å². The number of benzene rings is 2. The molecule has 5 heteroatoms. The Hall–Kier alpha value is -2.82. The van der Waals surface area contributed by atoms with Crippen LogP contribution in [0, 0.1) is 12.8 Å². The van der Waals surface area contributed by atoms with Crippen LogP contribution in [0.1, 0.15) is 26.3 Å². The Morgan fingerprint density at radius 3 is 2.24 bits per heavy atom. The highest BCUT2D eigenvalue weighted by Crippen LogP contribution is 2.23. The van der Waals surface area contributed by atoms with Gasteiger partial charge in [0.25, 0.3) is 0 Å². The number of anilines is 1. The van der Waals surface area contributed by atoms with Crippen LogP contribution in [-0.2, 0) is 9.59 Å². The molecule has 2 amide bonds. The van der Waals surface area contributed by atoms with E-state index in [1.807, 2.05) is 45.0 Å². The van der Waals surface area contributed by atoms with Crippen LogP contribution in [0.4, 0.5) is 5.69 Å². The zero-order valence-corrected chi connectivity index (χ0v) is 15.0. The largest absolute Gasteiger partial charge is 0.457 e. The zero-order chi connectivity index (χ0) is 18.4. The Bertz CT molecular complexity index is 739. The van der Waals surface area contributed by atoms with Crippen LogP contribution in [0.25, 0.3) is 0 Å². The predicted octanol–water partition coefficient (Wildman–Crippen LogP) is 3.89. The predicted molar refractivity (Wildman–Crippen MR) is 98.8 cm³/mol. The van der Waals surface area contributed by atoms with Gasteiger partial charge in [-0.15, -0.1) is 0 Å². The van der Waals surface area contributed by atoms with Crippen molar-refractivity contribution < 1.29 is 14.3 Å². The number of amides is 2. The molecule has 2 N–H and O–H groups in total. The SMILES string of the molecule is CC(=O)NC(C(=O)Nc1ccc(Oc2cccc(C)c2)cc1)C(C)C. The number of carbonyl (C=O) groups excluding carboxylic acids is 2. The van der Waals surface area contributed by atoms with E-state index >= 15 is 0 Å². The molecule has 1 unspecified atom stereocenters. The van der Waals surface area contributed by atoms with Crippen molar-refractivity contribution in [1.82, 2.24) is 5.32 Å². The molecule has 132 valence electrons. The lowest BCUT2D eigenvalue weighted by atomic mass is 10.0. The van der Waals surface area contributed by atoms with E-state index in [0.29, 0.717) is 11.4 Å². The van der Waals surface area contributed by atoms with Crippen LogP contribution >= 0.6 is 0 Å². The number of rotatable bonds is 6. The second-order valence-corrected chi connectivity index (χ2v) is 6.35. The van der Waals surface area contributed by atoms with E-state index in [1.165, 1.54) is 6.92 Å². The number of nitrogens with one attached hydrogen (secondary N) is 2. The van der Waals surface area contributed by atoms with Crippen molar-refractivity contribution in [2.75, 3.05) is 5.32 Å². The second kappa shape index (κ2) is 8.33. The first-order valence-corrected chi connectivity index (χ1v) is 8.27. The highest BCUT2D eigenvalue weighted by Gasteiger charge is 2.22. The summed E-state index contributed by atoms with van der Waals surface area (Å²) in [4.78, 5) is 23.6. The number of carbonyl (C=O) groups is 2. The molecule has 0 aliphatic heterocycles. The maximum atomic E-state index is 12.3. The van der Waals surface area contributed by atoms with E-state index in [9.17, 15) is 9.59 Å². The van der Waals surface area contributed by atoms with Gasteiger partial charge in [0.15, 0.2) is 0 Å². The van der Waals surface area contributed by atoms with Crippen LogP contribution in [0.5, 0.6) is 11.5 Å². The summed E-state index contributed by atoms with van der Waals surface area (Å²) in [6.07, 6.45) is 0. The Kier molecular flexibility index (Phi) is 6.17. The molecule has 0 bridgehead atoms. The van der Waals surface area contributed by atoms with Gasteiger partial charge in [0, 0.05) is 12.6 Å². The molecule has 0 spiro atoms. The molecule has 5 nitrogen and oxygen atoms in total. The summed E-state index contributed by atoms with van der Waals surface area (Å²) in [7, 11) is 0. The molecule has 0 fully saturated rings. The average molecular weight is 340 g/mol. The molecule has 2 aromatic carbocycles. The van der Waals surface area contributed by atoms with Crippen LogP contribution in [0.3, 0.4) is 0 Å². The van der Waals surface area contributed by atoms with E-state index in [0.717, 1.165) is 11.3 Å². The lowest BCUT2D eigenvalue weighted by Gasteiger charge is -2.21. The van der Waals surface area contributed by atoms with E-state index in [2.05, 4.69) is 10.6 Å².